The van der Waals surface area contributed by atoms with E-state index in [-0.39, 0.29) is 9.88 Å². The highest BCUT2D eigenvalue weighted by atomic mass is 32.1. The van der Waals surface area contributed by atoms with Gasteiger partial charge < -0.3 is 10.1 Å². The van der Waals surface area contributed by atoms with E-state index in [2.05, 4.69) is 15.4 Å². The number of hydrogen-bond donors (Lipinski definition) is 1. The number of carbonyl (C=O) groups excluding carboxylic acids is 1. The van der Waals surface area contributed by atoms with Crippen molar-refractivity contribution in [2.45, 2.75) is 6.92 Å². The molecule has 3 aromatic heterocycles. The van der Waals surface area contributed by atoms with Crippen LogP contribution >= 0.6 is 22.7 Å². The van der Waals surface area contributed by atoms with Crippen LogP contribution in [0, 0.1) is 17.0 Å². The van der Waals surface area contributed by atoms with Crippen molar-refractivity contribution < 1.29 is 14.5 Å². The Bertz CT molecular complexity index is 1210. The number of carbonyl (C=O) groups is 1. The SMILES string of the molecule is COc1ccc2sc(-n3nc(C)cc3NC(=O)c3ccc([N+](=O)[O-])s3)nc2c1. The van der Waals surface area contributed by atoms with E-state index in [0.29, 0.717) is 22.4 Å². The van der Waals surface area contributed by atoms with Crippen molar-refractivity contribution in [1.82, 2.24) is 14.8 Å². The quantitative estimate of drug-likeness (QED) is 0.389. The Balaban J connectivity index is 1.66. The molecule has 0 unspecified atom stereocenters. The van der Waals surface area contributed by atoms with Gasteiger partial charge in [0.15, 0.2) is 0 Å². The van der Waals surface area contributed by atoms with Gasteiger partial charge in [-0.25, -0.2) is 4.98 Å². The number of rotatable bonds is 5. The van der Waals surface area contributed by atoms with Crippen molar-refractivity contribution >= 4 is 49.6 Å². The summed E-state index contributed by atoms with van der Waals surface area (Å²) in [5.41, 5.74) is 1.46. The molecular weight excluding hydrogens is 402 g/mol. The number of aryl methyl sites for hydroxylation is 1. The van der Waals surface area contributed by atoms with Crippen LogP contribution in [-0.2, 0) is 0 Å². The van der Waals surface area contributed by atoms with Crippen LogP contribution in [0.4, 0.5) is 10.8 Å². The number of hydrogen-bond acceptors (Lipinski definition) is 8. The van der Waals surface area contributed by atoms with Gasteiger partial charge in [0.05, 0.1) is 32.8 Å². The predicted molar refractivity (Wildman–Crippen MR) is 107 cm³/mol. The van der Waals surface area contributed by atoms with Crippen LogP contribution in [0.3, 0.4) is 0 Å². The van der Waals surface area contributed by atoms with Gasteiger partial charge in [0.25, 0.3) is 5.91 Å². The maximum atomic E-state index is 12.5. The monoisotopic (exact) mass is 415 g/mol. The molecule has 0 spiro atoms. The van der Waals surface area contributed by atoms with Crippen molar-refractivity contribution in [2.75, 3.05) is 12.4 Å². The molecule has 1 aromatic carbocycles. The van der Waals surface area contributed by atoms with Crippen LogP contribution in [0.15, 0.2) is 36.4 Å². The molecule has 28 heavy (non-hydrogen) atoms. The Morgan fingerprint density at radius 2 is 2.07 bits per heavy atom. The van der Waals surface area contributed by atoms with E-state index in [1.54, 1.807) is 24.8 Å². The zero-order chi connectivity index (χ0) is 19.8. The van der Waals surface area contributed by atoms with Crippen LogP contribution in [-0.4, -0.2) is 32.7 Å². The normalized spacial score (nSPS) is 10.9. The molecule has 9 nitrogen and oxygen atoms in total. The Morgan fingerprint density at radius 1 is 1.25 bits per heavy atom. The minimum Gasteiger partial charge on any atom is -0.497 e. The summed E-state index contributed by atoms with van der Waals surface area (Å²) >= 11 is 2.24. The first-order valence-electron chi connectivity index (χ1n) is 8.02. The molecule has 4 rings (SSSR count). The summed E-state index contributed by atoms with van der Waals surface area (Å²) in [6, 6.07) is 10.0. The third-order valence-electron chi connectivity index (χ3n) is 3.83. The van der Waals surface area contributed by atoms with Gasteiger partial charge in [0.2, 0.25) is 5.13 Å². The second-order valence-corrected chi connectivity index (χ2v) is 7.83. The lowest BCUT2D eigenvalue weighted by molar-refractivity contribution is -0.380. The number of aromatic nitrogens is 3. The fourth-order valence-electron chi connectivity index (χ4n) is 2.57. The molecule has 142 valence electrons. The lowest BCUT2D eigenvalue weighted by Crippen LogP contribution is -2.13. The number of nitro groups is 1. The first-order valence-corrected chi connectivity index (χ1v) is 9.65. The molecule has 0 aliphatic heterocycles. The van der Waals surface area contributed by atoms with Gasteiger partial charge in [-0.1, -0.05) is 22.7 Å². The summed E-state index contributed by atoms with van der Waals surface area (Å²) in [5, 5.41) is 18.5. The van der Waals surface area contributed by atoms with Gasteiger partial charge in [-0.05, 0) is 25.1 Å². The van der Waals surface area contributed by atoms with Crippen LogP contribution in [0.2, 0.25) is 0 Å². The molecule has 0 bridgehead atoms. The number of thiophene rings is 1. The molecular formula is C17H13N5O4S2. The highest BCUT2D eigenvalue weighted by molar-refractivity contribution is 7.20. The van der Waals surface area contributed by atoms with E-state index in [0.717, 1.165) is 21.6 Å². The smallest absolute Gasteiger partial charge is 0.324 e. The van der Waals surface area contributed by atoms with Gasteiger partial charge in [-0.3, -0.25) is 14.9 Å². The van der Waals surface area contributed by atoms with Crippen molar-refractivity contribution in [3.63, 3.8) is 0 Å². The summed E-state index contributed by atoms with van der Waals surface area (Å²) in [7, 11) is 1.59. The van der Waals surface area contributed by atoms with Crippen LogP contribution < -0.4 is 10.1 Å². The summed E-state index contributed by atoms with van der Waals surface area (Å²) in [6.07, 6.45) is 0. The minimum absolute atomic E-state index is 0.0880. The standard InChI is InChI=1S/C17H13N5O4S2/c1-9-7-14(19-16(23)13-5-6-15(27-13)22(24)25)21(20-9)17-18-11-8-10(26-2)3-4-12(11)28-17/h3-8H,1-2H3,(H,19,23). The Labute approximate surface area is 166 Å². The van der Waals surface area contributed by atoms with Gasteiger partial charge >= 0.3 is 5.00 Å². The molecule has 0 atom stereocenters. The second kappa shape index (κ2) is 7.02. The lowest BCUT2D eigenvalue weighted by atomic mass is 10.3. The number of ether oxygens (including phenoxy) is 1. The number of methoxy groups -OCH3 is 1. The number of benzene rings is 1. The highest BCUT2D eigenvalue weighted by Gasteiger charge is 2.19. The summed E-state index contributed by atoms with van der Waals surface area (Å²) in [5.74, 6) is 0.695. The van der Waals surface area contributed by atoms with Gasteiger partial charge in [0.1, 0.15) is 11.6 Å². The number of nitrogens with one attached hydrogen (secondary N) is 1. The van der Waals surface area contributed by atoms with E-state index in [9.17, 15) is 14.9 Å². The average Bonchev–Trinajstić information content (AvgIpc) is 3.38. The molecule has 0 saturated heterocycles. The number of amides is 1. The fraction of sp³-hybridized carbons (Fsp3) is 0.118. The Morgan fingerprint density at radius 3 is 2.79 bits per heavy atom. The van der Waals surface area contributed by atoms with Crippen LogP contribution in [0.1, 0.15) is 15.4 Å². The topological polar surface area (TPSA) is 112 Å². The average molecular weight is 415 g/mol. The first-order chi connectivity index (χ1) is 13.4. The zero-order valence-electron chi connectivity index (χ0n) is 14.7. The lowest BCUT2D eigenvalue weighted by Gasteiger charge is -2.04. The first kappa shape index (κ1) is 18.1. The molecule has 11 heteroatoms. The fourth-order valence-corrected chi connectivity index (χ4v) is 4.20. The van der Waals surface area contributed by atoms with Gasteiger partial charge in [0, 0.05) is 18.2 Å². The van der Waals surface area contributed by atoms with Crippen LogP contribution in [0.5, 0.6) is 5.75 Å². The molecule has 0 fully saturated rings. The van der Waals surface area contributed by atoms with Crippen LogP contribution in [0.25, 0.3) is 15.3 Å². The largest absolute Gasteiger partial charge is 0.497 e. The van der Waals surface area contributed by atoms with Gasteiger partial charge in [-0.2, -0.15) is 9.78 Å². The minimum atomic E-state index is -0.523. The summed E-state index contributed by atoms with van der Waals surface area (Å²) in [6.45, 7) is 1.80. The third-order valence-corrected chi connectivity index (χ3v) is 5.88. The molecule has 4 aromatic rings. The molecule has 0 aliphatic carbocycles. The van der Waals surface area contributed by atoms with Crippen molar-refractivity contribution in [2.24, 2.45) is 0 Å². The zero-order valence-corrected chi connectivity index (χ0v) is 16.3. The van der Waals surface area contributed by atoms with Crippen molar-refractivity contribution in [3.05, 3.63) is 57.1 Å². The van der Waals surface area contributed by atoms with E-state index in [1.165, 1.54) is 23.5 Å². The second-order valence-electron chi connectivity index (χ2n) is 5.76. The van der Waals surface area contributed by atoms with E-state index in [4.69, 9.17) is 4.74 Å². The predicted octanol–water partition coefficient (Wildman–Crippen LogP) is 4.02. The molecule has 0 aliphatic rings. The maximum absolute atomic E-state index is 12.5. The third kappa shape index (κ3) is 3.32. The maximum Gasteiger partial charge on any atom is 0.324 e. The molecule has 1 N–H and O–H groups in total. The number of thiazole rings is 1. The van der Waals surface area contributed by atoms with Crippen molar-refractivity contribution in [1.29, 1.82) is 0 Å². The summed E-state index contributed by atoms with van der Waals surface area (Å²) in [4.78, 5) is 27.6. The van der Waals surface area contributed by atoms with E-state index in [1.807, 2.05) is 18.2 Å². The number of anilines is 1. The summed E-state index contributed by atoms with van der Waals surface area (Å²) < 4.78 is 7.73. The Hall–Kier alpha value is -3.31. The molecule has 0 radical (unpaired) electrons. The molecule has 0 saturated carbocycles. The van der Waals surface area contributed by atoms with Crippen molar-refractivity contribution in [3.8, 4) is 10.9 Å². The van der Waals surface area contributed by atoms with E-state index >= 15 is 0 Å². The molecule has 3 heterocycles. The van der Waals surface area contributed by atoms with Gasteiger partial charge in [-0.15, -0.1) is 0 Å². The molecule has 1 amide bonds. The van der Waals surface area contributed by atoms with E-state index < -0.39 is 10.8 Å². The highest BCUT2D eigenvalue weighted by Crippen LogP contribution is 2.30. The number of nitrogens with zero attached hydrogens (tertiary/aromatic N) is 4. The number of fused-ring (bicyclic) bond motifs is 1. The Kier molecular flexibility index (Phi) is 4.53.